The molecule has 1 atom stereocenters. The van der Waals surface area contributed by atoms with Gasteiger partial charge in [0.1, 0.15) is 5.75 Å². The third-order valence-electron chi connectivity index (χ3n) is 4.52. The van der Waals surface area contributed by atoms with E-state index in [0.717, 1.165) is 24.1 Å². The second kappa shape index (κ2) is 8.04. The van der Waals surface area contributed by atoms with Crippen LogP contribution in [0, 0.1) is 0 Å². The van der Waals surface area contributed by atoms with E-state index in [1.54, 1.807) is 4.90 Å². The number of nitrogens with zero attached hydrogens (tertiary/aromatic N) is 1. The summed E-state index contributed by atoms with van der Waals surface area (Å²) >= 11 is 0. The van der Waals surface area contributed by atoms with Crippen LogP contribution in [0.4, 0.5) is 5.69 Å². The minimum Gasteiger partial charge on any atom is -0.482 e. The Bertz CT molecular complexity index is 785. The summed E-state index contributed by atoms with van der Waals surface area (Å²) in [7, 11) is 0. The van der Waals surface area contributed by atoms with E-state index in [0.29, 0.717) is 5.75 Å². The molecule has 1 aliphatic heterocycles. The molecule has 136 valence electrons. The molecule has 26 heavy (non-hydrogen) atoms. The number of rotatable bonds is 6. The van der Waals surface area contributed by atoms with E-state index in [2.05, 4.69) is 6.92 Å². The fourth-order valence-corrected chi connectivity index (χ4v) is 3.16. The van der Waals surface area contributed by atoms with Crippen molar-refractivity contribution in [1.82, 2.24) is 0 Å². The Hall–Kier alpha value is -2.82. The molecule has 0 spiro atoms. The zero-order chi connectivity index (χ0) is 18.5. The molecule has 0 aliphatic carbocycles. The normalized spacial score (nSPS) is 15.5. The summed E-state index contributed by atoms with van der Waals surface area (Å²) in [5.74, 6) is -0.172. The van der Waals surface area contributed by atoms with Gasteiger partial charge in [0, 0.05) is 11.7 Å². The number of ether oxygens (including phenoxy) is 2. The maximum atomic E-state index is 12.5. The molecule has 2 aromatic carbocycles. The van der Waals surface area contributed by atoms with Crippen LogP contribution in [0.15, 0.2) is 48.5 Å². The van der Waals surface area contributed by atoms with Gasteiger partial charge in [-0.15, -0.1) is 0 Å². The van der Waals surface area contributed by atoms with E-state index in [9.17, 15) is 9.59 Å². The number of carbonyl (C=O) groups excluding carboxylic acids is 2. The fraction of sp³-hybridized carbons (Fsp3) is 0.333. The highest BCUT2D eigenvalue weighted by molar-refractivity contribution is 5.97. The quantitative estimate of drug-likeness (QED) is 0.749. The van der Waals surface area contributed by atoms with E-state index in [1.807, 2.05) is 55.5 Å². The van der Waals surface area contributed by atoms with Gasteiger partial charge >= 0.3 is 5.97 Å². The van der Waals surface area contributed by atoms with E-state index in [4.69, 9.17) is 9.47 Å². The third kappa shape index (κ3) is 4.04. The van der Waals surface area contributed by atoms with Crippen LogP contribution in [0.2, 0.25) is 0 Å². The van der Waals surface area contributed by atoms with E-state index >= 15 is 0 Å². The molecule has 5 heteroatoms. The summed E-state index contributed by atoms with van der Waals surface area (Å²) in [5.41, 5.74) is 3.23. The largest absolute Gasteiger partial charge is 0.482 e. The van der Waals surface area contributed by atoms with Gasteiger partial charge in [-0.3, -0.25) is 4.79 Å². The number of amides is 1. The van der Waals surface area contributed by atoms with Crippen LogP contribution in [-0.2, 0) is 27.2 Å². The van der Waals surface area contributed by atoms with Crippen molar-refractivity contribution in [3.05, 3.63) is 59.7 Å². The predicted octanol–water partition coefficient (Wildman–Crippen LogP) is 3.15. The van der Waals surface area contributed by atoms with Crippen LogP contribution in [0.3, 0.4) is 0 Å². The average molecular weight is 353 g/mol. The van der Waals surface area contributed by atoms with Crippen LogP contribution < -0.4 is 9.64 Å². The highest BCUT2D eigenvalue weighted by atomic mass is 16.6. The van der Waals surface area contributed by atoms with Crippen molar-refractivity contribution in [3.63, 3.8) is 0 Å². The zero-order valence-corrected chi connectivity index (χ0v) is 15.1. The maximum absolute atomic E-state index is 12.5. The van der Waals surface area contributed by atoms with Crippen LogP contribution in [0.25, 0.3) is 0 Å². The Kier molecular flexibility index (Phi) is 5.56. The molecule has 0 aromatic heterocycles. The smallest absolute Gasteiger partial charge is 0.344 e. The Morgan fingerprint density at radius 3 is 2.54 bits per heavy atom. The van der Waals surface area contributed by atoms with E-state index < -0.39 is 5.97 Å². The maximum Gasteiger partial charge on any atom is 0.344 e. The molecule has 0 fully saturated rings. The first-order valence-electron chi connectivity index (χ1n) is 8.85. The van der Waals surface area contributed by atoms with Crippen LogP contribution in [-0.4, -0.2) is 31.1 Å². The second-order valence-electron chi connectivity index (χ2n) is 6.39. The number of aryl methyl sites for hydroxylation is 1. The second-order valence-corrected chi connectivity index (χ2v) is 6.39. The van der Waals surface area contributed by atoms with Gasteiger partial charge < -0.3 is 14.4 Å². The van der Waals surface area contributed by atoms with Crippen molar-refractivity contribution in [2.75, 3.05) is 18.1 Å². The first-order chi connectivity index (χ1) is 12.6. The van der Waals surface area contributed by atoms with Crippen LogP contribution >= 0.6 is 0 Å². The van der Waals surface area contributed by atoms with Gasteiger partial charge in [-0.05, 0) is 49.1 Å². The van der Waals surface area contributed by atoms with Gasteiger partial charge in [0.2, 0.25) is 0 Å². The minimum atomic E-state index is -0.557. The summed E-state index contributed by atoms with van der Waals surface area (Å²) < 4.78 is 10.5. The molecular formula is C21H23NO4. The minimum absolute atomic E-state index is 0.0620. The molecule has 1 amide bonds. The lowest BCUT2D eigenvalue weighted by atomic mass is 10.1. The topological polar surface area (TPSA) is 55.8 Å². The molecule has 0 bridgehead atoms. The molecule has 1 heterocycles. The summed E-state index contributed by atoms with van der Waals surface area (Å²) in [6.07, 6.45) is 1.76. The number of benzene rings is 2. The third-order valence-corrected chi connectivity index (χ3v) is 4.52. The fourth-order valence-electron chi connectivity index (χ4n) is 3.16. The van der Waals surface area contributed by atoms with Gasteiger partial charge in [0.15, 0.2) is 13.2 Å². The molecule has 0 radical (unpaired) electrons. The Morgan fingerprint density at radius 2 is 1.81 bits per heavy atom. The highest BCUT2D eigenvalue weighted by Gasteiger charge is 2.30. The van der Waals surface area contributed by atoms with E-state index in [1.165, 1.54) is 5.56 Å². The van der Waals surface area contributed by atoms with Gasteiger partial charge in [0.05, 0.1) is 0 Å². The number of fused-ring (bicyclic) bond motifs is 1. The lowest BCUT2D eigenvalue weighted by Gasteiger charge is -2.22. The highest BCUT2D eigenvalue weighted by Crippen LogP contribution is 2.31. The van der Waals surface area contributed by atoms with Crippen molar-refractivity contribution < 1.29 is 19.1 Å². The number of carbonyl (C=O) groups is 2. The van der Waals surface area contributed by atoms with Crippen molar-refractivity contribution in [1.29, 1.82) is 0 Å². The lowest BCUT2D eigenvalue weighted by molar-refractivity contribution is -0.149. The van der Waals surface area contributed by atoms with Gasteiger partial charge in [-0.1, -0.05) is 37.3 Å². The Balaban J connectivity index is 1.49. The molecule has 5 nitrogen and oxygen atoms in total. The number of esters is 1. The van der Waals surface area contributed by atoms with Crippen molar-refractivity contribution in [2.45, 2.75) is 32.7 Å². The van der Waals surface area contributed by atoms with Gasteiger partial charge in [-0.2, -0.15) is 0 Å². The molecule has 0 saturated carbocycles. The first-order valence-corrected chi connectivity index (χ1v) is 8.85. The Labute approximate surface area is 153 Å². The first kappa shape index (κ1) is 18.0. The number of hydrogen-bond donors (Lipinski definition) is 0. The Morgan fingerprint density at radius 1 is 1.08 bits per heavy atom. The zero-order valence-electron chi connectivity index (χ0n) is 15.1. The average Bonchev–Trinajstić information content (AvgIpc) is 3.00. The SMILES string of the molecule is CCc1ccc(OCC(=O)OCC(=O)N2c3ccccc3CC2C)cc1. The van der Waals surface area contributed by atoms with Crippen molar-refractivity contribution >= 4 is 17.6 Å². The molecule has 0 saturated heterocycles. The van der Waals surface area contributed by atoms with Crippen LogP contribution in [0.5, 0.6) is 5.75 Å². The standard InChI is InChI=1S/C21H23NO4/c1-3-16-8-10-18(11-9-16)25-14-21(24)26-13-20(23)22-15(2)12-17-6-4-5-7-19(17)22/h4-11,15H,3,12-14H2,1-2H3. The van der Waals surface area contributed by atoms with Gasteiger partial charge in [0.25, 0.3) is 5.91 Å². The van der Waals surface area contributed by atoms with Crippen molar-refractivity contribution in [3.8, 4) is 5.75 Å². The predicted molar refractivity (Wildman–Crippen MR) is 99.4 cm³/mol. The van der Waals surface area contributed by atoms with Crippen LogP contribution in [0.1, 0.15) is 25.0 Å². The molecule has 0 N–H and O–H groups in total. The lowest BCUT2D eigenvalue weighted by Crippen LogP contribution is -2.39. The monoisotopic (exact) mass is 353 g/mol. The summed E-state index contributed by atoms with van der Waals surface area (Å²) in [4.78, 5) is 26.0. The molecule has 2 aromatic rings. The summed E-state index contributed by atoms with van der Waals surface area (Å²) in [6.45, 7) is 3.56. The molecular weight excluding hydrogens is 330 g/mol. The molecule has 1 aliphatic rings. The molecule has 1 unspecified atom stereocenters. The van der Waals surface area contributed by atoms with Gasteiger partial charge in [-0.25, -0.2) is 4.79 Å². The van der Waals surface area contributed by atoms with Crippen molar-refractivity contribution in [2.24, 2.45) is 0 Å². The molecule has 3 rings (SSSR count). The summed E-state index contributed by atoms with van der Waals surface area (Å²) in [5, 5.41) is 0. The number of para-hydroxylation sites is 1. The number of hydrogen-bond acceptors (Lipinski definition) is 4. The van der Waals surface area contributed by atoms with E-state index in [-0.39, 0.29) is 25.2 Å². The number of anilines is 1. The summed E-state index contributed by atoms with van der Waals surface area (Å²) in [6, 6.07) is 15.4.